The zero-order valence-electron chi connectivity index (χ0n) is 12.3. The Hall–Kier alpha value is -0.620. The monoisotopic (exact) mass is 292 g/mol. The molecule has 0 spiro atoms. The van der Waals surface area contributed by atoms with Crippen LogP contribution >= 0.6 is 0 Å². The van der Waals surface area contributed by atoms with Crippen LogP contribution in [0.1, 0.15) is 46.5 Å². The van der Waals surface area contributed by atoms with Crippen molar-refractivity contribution in [1.29, 1.82) is 4.78 Å². The first-order chi connectivity index (χ1) is 8.78. The molecule has 0 aromatic carbocycles. The summed E-state index contributed by atoms with van der Waals surface area (Å²) in [6.45, 7) is 6.46. The number of rotatable bonds is 10. The lowest BCUT2D eigenvalue weighted by molar-refractivity contribution is -0.145. The fraction of sp³-hybridized carbons (Fsp3) is 0.923. The van der Waals surface area contributed by atoms with Gasteiger partial charge in [-0.3, -0.25) is 9.57 Å². The third-order valence-electron chi connectivity index (χ3n) is 2.83. The highest BCUT2D eigenvalue weighted by atomic mass is 32.2. The molecule has 0 amide bonds. The normalized spacial score (nSPS) is 16.1. The minimum absolute atomic E-state index is 0.170. The molecule has 5 nitrogen and oxygen atoms in total. The molecule has 0 saturated carbocycles. The van der Waals surface area contributed by atoms with Crippen LogP contribution in [0.25, 0.3) is 0 Å². The predicted molar refractivity (Wildman–Crippen MR) is 78.5 cm³/mol. The number of nitrogens with one attached hydrogen (secondary N) is 1. The van der Waals surface area contributed by atoms with Crippen LogP contribution in [0.15, 0.2) is 0 Å². The van der Waals surface area contributed by atoms with E-state index in [-0.39, 0.29) is 12.2 Å². The van der Waals surface area contributed by atoms with Crippen molar-refractivity contribution in [3.05, 3.63) is 0 Å². The number of hydrogen-bond acceptors (Lipinski definition) is 5. The lowest BCUT2D eigenvalue weighted by Gasteiger charge is -2.13. The average Bonchev–Trinajstić information content (AvgIpc) is 2.34. The van der Waals surface area contributed by atoms with Crippen LogP contribution in [-0.2, 0) is 19.3 Å². The van der Waals surface area contributed by atoms with E-state index in [1.807, 2.05) is 20.8 Å². The van der Waals surface area contributed by atoms with Crippen molar-refractivity contribution >= 4 is 15.7 Å². The predicted octanol–water partition coefficient (Wildman–Crippen LogP) is 2.14. The molecule has 0 aromatic heterocycles. The fourth-order valence-corrected chi connectivity index (χ4v) is 3.08. The molecule has 0 radical (unpaired) electrons. The molecule has 0 aromatic rings. The molecule has 1 unspecified atom stereocenters. The van der Waals surface area contributed by atoms with Crippen LogP contribution in [0.5, 0.6) is 0 Å². The summed E-state index contributed by atoms with van der Waals surface area (Å²) in [5.74, 6) is 0.526. The highest BCUT2D eigenvalue weighted by Gasteiger charge is 2.17. The second-order valence-electron chi connectivity index (χ2n) is 5.32. The van der Waals surface area contributed by atoms with E-state index < -0.39 is 21.7 Å². The van der Waals surface area contributed by atoms with Gasteiger partial charge in [0, 0.05) is 21.2 Å². The Labute approximate surface area is 117 Å². The van der Waals surface area contributed by atoms with Gasteiger partial charge in [0.1, 0.15) is 6.04 Å². The van der Waals surface area contributed by atoms with E-state index in [1.165, 1.54) is 0 Å². The van der Waals surface area contributed by atoms with Gasteiger partial charge >= 0.3 is 5.97 Å². The van der Waals surface area contributed by atoms with Crippen molar-refractivity contribution in [3.63, 3.8) is 0 Å². The van der Waals surface area contributed by atoms with Crippen molar-refractivity contribution in [2.75, 3.05) is 18.1 Å². The average molecular weight is 292 g/mol. The van der Waals surface area contributed by atoms with Crippen LogP contribution < -0.4 is 5.73 Å². The molecule has 0 fully saturated rings. The van der Waals surface area contributed by atoms with Crippen molar-refractivity contribution in [1.82, 2.24) is 0 Å². The number of esters is 1. The highest BCUT2D eigenvalue weighted by molar-refractivity contribution is 7.92. The maximum atomic E-state index is 11.9. The van der Waals surface area contributed by atoms with E-state index in [0.717, 1.165) is 19.3 Å². The molecule has 0 heterocycles. The Bertz CT molecular complexity index is 353. The number of nitrogens with two attached hydrogens (primary N) is 1. The Kier molecular flexibility index (Phi) is 9.01. The first-order valence-electron chi connectivity index (χ1n) is 6.95. The zero-order valence-corrected chi connectivity index (χ0v) is 13.1. The van der Waals surface area contributed by atoms with Gasteiger partial charge in [0.15, 0.2) is 0 Å². The molecule has 0 aliphatic carbocycles. The van der Waals surface area contributed by atoms with Crippen LogP contribution in [-0.4, -0.2) is 34.3 Å². The van der Waals surface area contributed by atoms with E-state index in [1.54, 1.807) is 0 Å². The summed E-state index contributed by atoms with van der Waals surface area (Å²) in [6, 6.07) is -0.762. The molecule has 0 saturated heterocycles. The molecular formula is C13H28N2O3S. The van der Waals surface area contributed by atoms with E-state index in [4.69, 9.17) is 15.3 Å². The van der Waals surface area contributed by atoms with Crippen LogP contribution in [0, 0.1) is 10.7 Å². The van der Waals surface area contributed by atoms with Crippen LogP contribution in [0.4, 0.5) is 0 Å². The Morgan fingerprint density at radius 2 is 1.89 bits per heavy atom. The Balaban J connectivity index is 3.99. The zero-order chi connectivity index (χ0) is 14.9. The molecule has 3 N–H and O–H groups in total. The summed E-state index contributed by atoms with van der Waals surface area (Å²) in [5.41, 5.74) is 5.68. The van der Waals surface area contributed by atoms with E-state index in [2.05, 4.69) is 0 Å². The van der Waals surface area contributed by atoms with Crippen molar-refractivity contribution in [2.45, 2.75) is 52.5 Å². The minimum Gasteiger partial charge on any atom is -0.465 e. The van der Waals surface area contributed by atoms with Gasteiger partial charge in [-0.2, -0.15) is 0 Å². The standard InChI is InChI=1S/C13H28N2O3S/c1-4-5-8-18-13(16)12(14)7-10-19(15,17)9-6-11(2)3/h11-12,15H,4-10,14H2,1-3H3/t12-,19?/m0/s1. The molecule has 19 heavy (non-hydrogen) atoms. The summed E-state index contributed by atoms with van der Waals surface area (Å²) < 4.78 is 24.7. The molecule has 0 aliphatic rings. The molecule has 6 heteroatoms. The van der Waals surface area contributed by atoms with Gasteiger partial charge in [0.2, 0.25) is 0 Å². The summed E-state index contributed by atoms with van der Waals surface area (Å²) in [6.07, 6.45) is 2.80. The number of carbonyl (C=O) groups excluding carboxylic acids is 1. The van der Waals surface area contributed by atoms with Gasteiger partial charge in [-0.25, -0.2) is 4.21 Å². The van der Waals surface area contributed by atoms with E-state index >= 15 is 0 Å². The van der Waals surface area contributed by atoms with E-state index in [9.17, 15) is 9.00 Å². The first-order valence-corrected chi connectivity index (χ1v) is 8.84. The SMILES string of the molecule is CCCCOC(=O)[C@@H](N)CCS(=N)(=O)CCC(C)C. The maximum absolute atomic E-state index is 11.9. The Morgan fingerprint density at radius 3 is 2.42 bits per heavy atom. The number of ether oxygens (including phenoxy) is 1. The van der Waals surface area contributed by atoms with Gasteiger partial charge in [0.25, 0.3) is 0 Å². The van der Waals surface area contributed by atoms with Crippen LogP contribution in [0.2, 0.25) is 0 Å². The molecule has 114 valence electrons. The summed E-state index contributed by atoms with van der Waals surface area (Å²) >= 11 is 0. The van der Waals surface area contributed by atoms with Crippen molar-refractivity contribution in [3.8, 4) is 0 Å². The largest absolute Gasteiger partial charge is 0.465 e. The smallest absolute Gasteiger partial charge is 0.322 e. The number of carbonyl (C=O) groups is 1. The van der Waals surface area contributed by atoms with Crippen molar-refractivity contribution < 1.29 is 13.7 Å². The summed E-state index contributed by atoms with van der Waals surface area (Å²) in [4.78, 5) is 11.5. The lowest BCUT2D eigenvalue weighted by Crippen LogP contribution is -2.34. The van der Waals surface area contributed by atoms with Crippen LogP contribution in [0.3, 0.4) is 0 Å². The van der Waals surface area contributed by atoms with E-state index in [0.29, 0.717) is 18.3 Å². The molecule has 0 aliphatic heterocycles. The fourth-order valence-electron chi connectivity index (χ4n) is 1.39. The topological polar surface area (TPSA) is 93.2 Å². The van der Waals surface area contributed by atoms with Gasteiger partial charge in [0.05, 0.1) is 6.61 Å². The number of hydrogen-bond donors (Lipinski definition) is 2. The Morgan fingerprint density at radius 1 is 1.32 bits per heavy atom. The van der Waals surface area contributed by atoms with Gasteiger partial charge in [-0.15, -0.1) is 0 Å². The van der Waals surface area contributed by atoms with Gasteiger partial charge in [-0.1, -0.05) is 27.2 Å². The minimum atomic E-state index is -2.62. The lowest BCUT2D eigenvalue weighted by atomic mass is 10.2. The maximum Gasteiger partial charge on any atom is 0.322 e. The van der Waals surface area contributed by atoms with Crippen molar-refractivity contribution in [2.24, 2.45) is 11.7 Å². The summed E-state index contributed by atoms with van der Waals surface area (Å²) in [7, 11) is -2.62. The highest BCUT2D eigenvalue weighted by Crippen LogP contribution is 2.07. The quantitative estimate of drug-likeness (QED) is 0.476. The molecule has 0 bridgehead atoms. The summed E-state index contributed by atoms with van der Waals surface area (Å²) in [5, 5.41) is 0. The number of unbranched alkanes of at least 4 members (excludes halogenated alkanes) is 1. The molecule has 2 atom stereocenters. The van der Waals surface area contributed by atoms with Gasteiger partial charge < -0.3 is 10.5 Å². The first kappa shape index (κ1) is 18.4. The molecular weight excluding hydrogens is 264 g/mol. The third-order valence-corrected chi connectivity index (χ3v) is 4.62. The second kappa shape index (κ2) is 9.31. The second-order valence-corrected chi connectivity index (χ2v) is 7.76. The van der Waals surface area contributed by atoms with Gasteiger partial charge in [-0.05, 0) is 25.2 Å². The third kappa shape index (κ3) is 9.90. The molecule has 0 rings (SSSR count).